The number of carboxylic acid groups (broad SMARTS) is 1. The average molecular weight is 307 g/mol. The van der Waals surface area contributed by atoms with Gasteiger partial charge < -0.3 is 14.7 Å². The molecule has 0 spiro atoms. The lowest BCUT2D eigenvalue weighted by Crippen LogP contribution is -2.37. The van der Waals surface area contributed by atoms with E-state index in [4.69, 9.17) is 9.84 Å². The van der Waals surface area contributed by atoms with Crippen LogP contribution in [-0.4, -0.2) is 41.6 Å². The van der Waals surface area contributed by atoms with Crippen molar-refractivity contribution in [2.75, 3.05) is 19.7 Å². The third kappa shape index (κ3) is 6.61. The van der Waals surface area contributed by atoms with Gasteiger partial charge in [-0.1, -0.05) is 26.0 Å². The first-order valence-electron chi connectivity index (χ1n) is 7.63. The summed E-state index contributed by atoms with van der Waals surface area (Å²) in [5.41, 5.74) is 0.900. The number of aliphatic carboxylic acids is 1. The quantitative estimate of drug-likeness (QED) is 0.761. The second-order valence-electron chi connectivity index (χ2n) is 5.63. The molecule has 1 aromatic carbocycles. The number of hydrogen-bond acceptors (Lipinski definition) is 3. The monoisotopic (exact) mass is 307 g/mol. The van der Waals surface area contributed by atoms with Gasteiger partial charge in [-0.15, -0.1) is 0 Å². The van der Waals surface area contributed by atoms with Crippen LogP contribution < -0.4 is 4.74 Å². The maximum atomic E-state index is 12.4. The molecule has 22 heavy (non-hydrogen) atoms. The van der Waals surface area contributed by atoms with Crippen molar-refractivity contribution in [1.29, 1.82) is 0 Å². The first-order chi connectivity index (χ1) is 10.4. The Morgan fingerprint density at radius 1 is 1.23 bits per heavy atom. The maximum absolute atomic E-state index is 12.4. The van der Waals surface area contributed by atoms with Crippen molar-refractivity contribution in [3.05, 3.63) is 29.8 Å². The van der Waals surface area contributed by atoms with Gasteiger partial charge in [0.1, 0.15) is 5.75 Å². The van der Waals surface area contributed by atoms with Gasteiger partial charge in [-0.25, -0.2) is 0 Å². The van der Waals surface area contributed by atoms with Crippen LogP contribution in [0.5, 0.6) is 5.75 Å². The first kappa shape index (κ1) is 18.0. The third-order valence-corrected chi connectivity index (χ3v) is 3.12. The van der Waals surface area contributed by atoms with Gasteiger partial charge in [0.25, 0.3) is 0 Å². The highest BCUT2D eigenvalue weighted by atomic mass is 16.5. The maximum Gasteiger partial charge on any atom is 0.305 e. The Bertz CT molecular complexity index is 482. The summed E-state index contributed by atoms with van der Waals surface area (Å²) < 4.78 is 5.37. The Morgan fingerprint density at radius 2 is 1.86 bits per heavy atom. The van der Waals surface area contributed by atoms with E-state index in [0.717, 1.165) is 11.3 Å². The van der Waals surface area contributed by atoms with Crippen molar-refractivity contribution >= 4 is 11.9 Å². The Hall–Kier alpha value is -2.04. The van der Waals surface area contributed by atoms with E-state index in [-0.39, 0.29) is 25.3 Å². The molecule has 5 nitrogen and oxygen atoms in total. The van der Waals surface area contributed by atoms with Crippen LogP contribution in [-0.2, 0) is 16.0 Å². The number of carbonyl (C=O) groups is 2. The van der Waals surface area contributed by atoms with Crippen LogP contribution in [0.3, 0.4) is 0 Å². The fraction of sp³-hybridized carbons (Fsp3) is 0.529. The molecular weight excluding hydrogens is 282 g/mol. The zero-order valence-electron chi connectivity index (χ0n) is 13.5. The highest BCUT2D eigenvalue weighted by Gasteiger charge is 2.16. The van der Waals surface area contributed by atoms with Gasteiger partial charge in [0.05, 0.1) is 19.4 Å². The van der Waals surface area contributed by atoms with Crippen LogP contribution in [0.25, 0.3) is 0 Å². The molecule has 0 unspecified atom stereocenters. The van der Waals surface area contributed by atoms with Crippen LogP contribution in [0.15, 0.2) is 24.3 Å². The van der Waals surface area contributed by atoms with Crippen LogP contribution in [0, 0.1) is 5.92 Å². The van der Waals surface area contributed by atoms with Gasteiger partial charge in [0.15, 0.2) is 0 Å². The molecule has 0 bridgehead atoms. The van der Waals surface area contributed by atoms with E-state index in [1.807, 2.05) is 45.0 Å². The number of amides is 1. The minimum atomic E-state index is -0.886. The molecule has 0 aliphatic heterocycles. The molecule has 1 N–H and O–H groups in total. The predicted octanol–water partition coefficient (Wildman–Crippen LogP) is 2.59. The standard InChI is InChI=1S/C17H25NO4/c1-4-22-15-7-5-14(6-8-15)11-16(19)18(12-13(2)3)10-9-17(20)21/h5-8,13H,4,9-12H2,1-3H3,(H,20,21). The lowest BCUT2D eigenvalue weighted by atomic mass is 10.1. The van der Waals surface area contributed by atoms with Gasteiger partial charge in [-0.2, -0.15) is 0 Å². The summed E-state index contributed by atoms with van der Waals surface area (Å²) in [6.07, 6.45) is 0.250. The topological polar surface area (TPSA) is 66.8 Å². The molecule has 5 heteroatoms. The Balaban J connectivity index is 2.66. The van der Waals surface area contributed by atoms with Crippen molar-refractivity contribution in [2.45, 2.75) is 33.6 Å². The average Bonchev–Trinajstić information content (AvgIpc) is 2.45. The van der Waals surface area contributed by atoms with Gasteiger partial charge >= 0.3 is 5.97 Å². The van der Waals surface area contributed by atoms with E-state index < -0.39 is 5.97 Å². The minimum absolute atomic E-state index is 0.0261. The van der Waals surface area contributed by atoms with Crippen molar-refractivity contribution in [1.82, 2.24) is 4.90 Å². The SMILES string of the molecule is CCOc1ccc(CC(=O)N(CCC(=O)O)CC(C)C)cc1. The molecule has 122 valence electrons. The van der Waals surface area contributed by atoms with Crippen molar-refractivity contribution in [3.63, 3.8) is 0 Å². The molecule has 0 fully saturated rings. The van der Waals surface area contributed by atoms with Crippen molar-refractivity contribution in [3.8, 4) is 5.75 Å². The van der Waals surface area contributed by atoms with E-state index in [0.29, 0.717) is 19.1 Å². The Kier molecular flexibility index (Phi) is 7.43. The number of carboxylic acids is 1. The molecule has 0 atom stereocenters. The molecule has 1 amide bonds. The Morgan fingerprint density at radius 3 is 2.36 bits per heavy atom. The number of hydrogen-bond donors (Lipinski definition) is 1. The molecule has 0 radical (unpaired) electrons. The summed E-state index contributed by atoms with van der Waals surface area (Å²) in [6.45, 7) is 7.38. The fourth-order valence-electron chi connectivity index (χ4n) is 2.15. The second kappa shape index (κ2) is 9.07. The molecule has 1 aromatic rings. The lowest BCUT2D eigenvalue weighted by molar-refractivity contribution is -0.138. The smallest absolute Gasteiger partial charge is 0.305 e. The molecule has 0 aliphatic rings. The number of ether oxygens (including phenoxy) is 1. The predicted molar refractivity (Wildman–Crippen MR) is 85.0 cm³/mol. The van der Waals surface area contributed by atoms with Gasteiger partial charge in [0.2, 0.25) is 5.91 Å². The zero-order chi connectivity index (χ0) is 16.5. The summed E-state index contributed by atoms with van der Waals surface area (Å²) in [6, 6.07) is 7.42. The number of nitrogens with zero attached hydrogens (tertiary/aromatic N) is 1. The molecular formula is C17H25NO4. The first-order valence-corrected chi connectivity index (χ1v) is 7.63. The molecule has 1 rings (SSSR count). The van der Waals surface area contributed by atoms with Crippen LogP contribution in [0.2, 0.25) is 0 Å². The van der Waals surface area contributed by atoms with E-state index in [1.165, 1.54) is 0 Å². The van der Waals surface area contributed by atoms with Crippen molar-refractivity contribution in [2.24, 2.45) is 5.92 Å². The normalized spacial score (nSPS) is 10.5. The van der Waals surface area contributed by atoms with Crippen LogP contribution in [0.4, 0.5) is 0 Å². The summed E-state index contributed by atoms with van der Waals surface area (Å²) in [5.74, 6) is 0.156. The molecule has 0 saturated carbocycles. The van der Waals surface area contributed by atoms with Gasteiger partial charge in [0, 0.05) is 13.1 Å². The molecule has 0 heterocycles. The number of rotatable bonds is 9. The number of carbonyl (C=O) groups excluding carboxylic acids is 1. The van der Waals surface area contributed by atoms with Crippen LogP contribution >= 0.6 is 0 Å². The largest absolute Gasteiger partial charge is 0.494 e. The summed E-state index contributed by atoms with van der Waals surface area (Å²) >= 11 is 0. The fourth-order valence-corrected chi connectivity index (χ4v) is 2.15. The van der Waals surface area contributed by atoms with E-state index in [2.05, 4.69) is 0 Å². The Labute approximate surface area is 131 Å². The van der Waals surface area contributed by atoms with Crippen LogP contribution in [0.1, 0.15) is 32.8 Å². The lowest BCUT2D eigenvalue weighted by Gasteiger charge is -2.24. The zero-order valence-corrected chi connectivity index (χ0v) is 13.5. The highest BCUT2D eigenvalue weighted by Crippen LogP contribution is 2.13. The minimum Gasteiger partial charge on any atom is -0.494 e. The van der Waals surface area contributed by atoms with E-state index in [9.17, 15) is 9.59 Å². The summed E-state index contributed by atoms with van der Waals surface area (Å²) in [7, 11) is 0. The summed E-state index contributed by atoms with van der Waals surface area (Å²) in [5, 5.41) is 8.80. The highest BCUT2D eigenvalue weighted by molar-refractivity contribution is 5.79. The molecule has 0 saturated heterocycles. The molecule has 0 aromatic heterocycles. The number of benzene rings is 1. The van der Waals surface area contributed by atoms with Gasteiger partial charge in [-0.3, -0.25) is 9.59 Å². The van der Waals surface area contributed by atoms with Gasteiger partial charge in [-0.05, 0) is 30.5 Å². The van der Waals surface area contributed by atoms with E-state index in [1.54, 1.807) is 4.90 Å². The second-order valence-corrected chi connectivity index (χ2v) is 5.63. The van der Waals surface area contributed by atoms with Crippen molar-refractivity contribution < 1.29 is 19.4 Å². The summed E-state index contributed by atoms with van der Waals surface area (Å²) in [4.78, 5) is 24.7. The van der Waals surface area contributed by atoms with E-state index >= 15 is 0 Å². The third-order valence-electron chi connectivity index (χ3n) is 3.12. The molecule has 0 aliphatic carbocycles.